The van der Waals surface area contributed by atoms with Crippen molar-refractivity contribution in [1.82, 2.24) is 24.4 Å². The predicted molar refractivity (Wildman–Crippen MR) is 119 cm³/mol. The Kier molecular flexibility index (Phi) is 4.91. The second kappa shape index (κ2) is 7.88. The van der Waals surface area contributed by atoms with E-state index < -0.39 is 0 Å². The lowest BCUT2D eigenvalue weighted by Gasteiger charge is -2.27. The highest BCUT2D eigenvalue weighted by Crippen LogP contribution is 2.33. The first-order valence-corrected chi connectivity index (χ1v) is 10.3. The lowest BCUT2D eigenvalue weighted by Crippen LogP contribution is -2.40. The molecule has 0 radical (unpaired) electrons. The van der Waals surface area contributed by atoms with Crippen molar-refractivity contribution in [3.8, 4) is 11.1 Å². The summed E-state index contributed by atoms with van der Waals surface area (Å²) in [5, 5.41) is 0.806. The van der Waals surface area contributed by atoms with Crippen molar-refractivity contribution in [2.45, 2.75) is 13.0 Å². The van der Waals surface area contributed by atoms with E-state index in [1.165, 1.54) is 0 Å². The summed E-state index contributed by atoms with van der Waals surface area (Å²) < 4.78 is 7.06. The number of carbonyl (C=O) groups excluding carboxylic acids is 1. The summed E-state index contributed by atoms with van der Waals surface area (Å²) >= 11 is 0. The van der Waals surface area contributed by atoms with Gasteiger partial charge in [-0.3, -0.25) is 9.59 Å². The van der Waals surface area contributed by atoms with Gasteiger partial charge in [0.05, 0.1) is 30.6 Å². The minimum absolute atomic E-state index is 0.0358. The highest BCUT2D eigenvalue weighted by Gasteiger charge is 2.22. The minimum Gasteiger partial charge on any atom is -0.378 e. The predicted octanol–water partition coefficient (Wildman–Crippen LogP) is 2.92. The Labute approximate surface area is 178 Å². The Bertz CT molecular complexity index is 1340. The fourth-order valence-corrected chi connectivity index (χ4v) is 4.14. The van der Waals surface area contributed by atoms with E-state index in [9.17, 15) is 9.59 Å². The summed E-state index contributed by atoms with van der Waals surface area (Å²) in [4.78, 5) is 38.6. The molecule has 1 amide bonds. The number of benzene rings is 1. The van der Waals surface area contributed by atoms with E-state index in [1.54, 1.807) is 23.2 Å². The lowest BCUT2D eigenvalue weighted by molar-refractivity contribution is 0.0303. The summed E-state index contributed by atoms with van der Waals surface area (Å²) in [5.74, 6) is -0.0358. The number of aromatic nitrogens is 4. The van der Waals surface area contributed by atoms with Gasteiger partial charge < -0.3 is 24.2 Å². The highest BCUT2D eigenvalue weighted by atomic mass is 16.5. The molecular formula is C23H23N5O3. The summed E-state index contributed by atoms with van der Waals surface area (Å²) in [6.45, 7) is 6.52. The molecule has 0 atom stereocenters. The number of nitrogens with zero attached hydrogens (tertiary/aromatic N) is 3. The fraction of sp³-hybridized carbons (Fsp3) is 0.261. The first kappa shape index (κ1) is 19.3. The van der Waals surface area contributed by atoms with Gasteiger partial charge in [-0.2, -0.15) is 0 Å². The molecule has 158 valence electrons. The molecule has 5 rings (SSSR count). The molecule has 0 saturated carbocycles. The van der Waals surface area contributed by atoms with E-state index in [4.69, 9.17) is 4.74 Å². The number of ether oxygens (including phenoxy) is 1. The van der Waals surface area contributed by atoms with E-state index in [0.717, 1.165) is 27.5 Å². The Morgan fingerprint density at radius 2 is 2.06 bits per heavy atom. The van der Waals surface area contributed by atoms with Crippen LogP contribution in [-0.2, 0) is 11.3 Å². The van der Waals surface area contributed by atoms with Crippen LogP contribution in [0, 0.1) is 0 Å². The van der Waals surface area contributed by atoms with Gasteiger partial charge in [0.2, 0.25) is 0 Å². The van der Waals surface area contributed by atoms with Gasteiger partial charge in [-0.15, -0.1) is 6.58 Å². The van der Waals surface area contributed by atoms with Crippen molar-refractivity contribution < 1.29 is 9.53 Å². The van der Waals surface area contributed by atoms with E-state index in [1.807, 2.05) is 29.3 Å². The van der Waals surface area contributed by atoms with E-state index >= 15 is 0 Å². The summed E-state index contributed by atoms with van der Waals surface area (Å²) in [5.41, 5.74) is 4.25. The maximum Gasteiger partial charge on any atom is 0.274 e. The Morgan fingerprint density at radius 1 is 1.23 bits per heavy atom. The van der Waals surface area contributed by atoms with Gasteiger partial charge >= 0.3 is 0 Å². The molecule has 3 aromatic heterocycles. The van der Waals surface area contributed by atoms with Crippen LogP contribution in [0.2, 0.25) is 0 Å². The highest BCUT2D eigenvalue weighted by molar-refractivity contribution is 6.06. The molecule has 4 aromatic rings. The lowest BCUT2D eigenvalue weighted by atomic mass is 9.99. The number of aromatic amines is 2. The molecule has 8 heteroatoms. The van der Waals surface area contributed by atoms with Crippen molar-refractivity contribution in [3.63, 3.8) is 0 Å². The summed E-state index contributed by atoms with van der Waals surface area (Å²) in [6.07, 6.45) is 7.71. The molecule has 1 saturated heterocycles. The molecular weight excluding hydrogens is 394 g/mol. The number of morpholine rings is 1. The van der Waals surface area contributed by atoms with Crippen LogP contribution in [0.15, 0.2) is 54.4 Å². The van der Waals surface area contributed by atoms with Crippen LogP contribution in [0.1, 0.15) is 16.8 Å². The average Bonchev–Trinajstić information content (AvgIpc) is 3.48. The summed E-state index contributed by atoms with van der Waals surface area (Å²) in [6, 6.07) is 5.61. The number of carbonyl (C=O) groups is 1. The third-order valence-corrected chi connectivity index (χ3v) is 5.73. The van der Waals surface area contributed by atoms with Crippen LogP contribution in [0.25, 0.3) is 33.1 Å². The first-order chi connectivity index (χ1) is 15.2. The zero-order valence-electron chi connectivity index (χ0n) is 17.1. The first-order valence-electron chi connectivity index (χ1n) is 10.3. The van der Waals surface area contributed by atoms with Crippen molar-refractivity contribution in [2.75, 3.05) is 26.3 Å². The third kappa shape index (κ3) is 3.34. The SMILES string of the molecule is C=CCCn1cc(-c2cc(C(=O)N3CCOCC3)cc3[nH]cnc23)c2cc[nH]c2c1=O. The van der Waals surface area contributed by atoms with E-state index in [0.29, 0.717) is 50.3 Å². The number of amides is 1. The average molecular weight is 417 g/mol. The van der Waals surface area contributed by atoms with Crippen molar-refractivity contribution in [3.05, 3.63) is 65.5 Å². The number of rotatable bonds is 5. The quantitative estimate of drug-likeness (QED) is 0.488. The monoisotopic (exact) mass is 417 g/mol. The number of aryl methyl sites for hydroxylation is 1. The number of fused-ring (bicyclic) bond motifs is 2. The molecule has 0 bridgehead atoms. The molecule has 1 fully saturated rings. The molecule has 0 unspecified atom stereocenters. The number of pyridine rings is 1. The number of hydrogen-bond donors (Lipinski definition) is 2. The molecule has 0 aliphatic carbocycles. The van der Waals surface area contributed by atoms with Crippen molar-refractivity contribution >= 4 is 27.8 Å². The van der Waals surface area contributed by atoms with Crippen LogP contribution >= 0.6 is 0 Å². The maximum absolute atomic E-state index is 13.2. The molecule has 31 heavy (non-hydrogen) atoms. The molecule has 1 aliphatic rings. The van der Waals surface area contributed by atoms with Gasteiger partial charge in [0, 0.05) is 54.1 Å². The zero-order valence-corrected chi connectivity index (χ0v) is 17.1. The largest absolute Gasteiger partial charge is 0.378 e. The molecule has 1 aliphatic heterocycles. The third-order valence-electron chi connectivity index (χ3n) is 5.73. The standard InChI is InChI=1S/C23H23N5O3/c1-2-3-6-28-13-18(16-4-5-24-21(16)23(28)30)17-11-15(12-19-20(17)26-14-25-19)22(29)27-7-9-31-10-8-27/h2,4-5,11-14,24H,1,3,6-10H2,(H,25,26). The smallest absolute Gasteiger partial charge is 0.274 e. The number of hydrogen-bond acceptors (Lipinski definition) is 4. The van der Waals surface area contributed by atoms with Gasteiger partial charge in [-0.05, 0) is 24.6 Å². The second-order valence-electron chi connectivity index (χ2n) is 7.61. The normalized spacial score (nSPS) is 14.4. The number of H-pyrrole nitrogens is 2. The van der Waals surface area contributed by atoms with Crippen LogP contribution < -0.4 is 5.56 Å². The van der Waals surface area contributed by atoms with Gasteiger partial charge in [0.1, 0.15) is 5.52 Å². The number of nitrogens with one attached hydrogen (secondary N) is 2. The van der Waals surface area contributed by atoms with Gasteiger partial charge in [-0.1, -0.05) is 6.08 Å². The fourth-order valence-electron chi connectivity index (χ4n) is 4.14. The topological polar surface area (TPSA) is 96.0 Å². The Hall–Kier alpha value is -3.65. The second-order valence-corrected chi connectivity index (χ2v) is 7.61. The van der Waals surface area contributed by atoms with Crippen LogP contribution in [0.4, 0.5) is 0 Å². The van der Waals surface area contributed by atoms with Gasteiger partial charge in [0.15, 0.2) is 0 Å². The van der Waals surface area contributed by atoms with Crippen molar-refractivity contribution in [1.29, 1.82) is 0 Å². The van der Waals surface area contributed by atoms with Gasteiger partial charge in [-0.25, -0.2) is 4.98 Å². The molecule has 0 spiro atoms. The minimum atomic E-state index is -0.0792. The Morgan fingerprint density at radius 3 is 2.87 bits per heavy atom. The zero-order chi connectivity index (χ0) is 21.4. The number of imidazole rings is 1. The van der Waals surface area contributed by atoms with E-state index in [2.05, 4.69) is 21.5 Å². The van der Waals surface area contributed by atoms with Gasteiger partial charge in [0.25, 0.3) is 11.5 Å². The molecule has 1 aromatic carbocycles. The van der Waals surface area contributed by atoms with Crippen LogP contribution in [-0.4, -0.2) is 56.6 Å². The number of allylic oxidation sites excluding steroid dienone is 1. The molecule has 8 nitrogen and oxygen atoms in total. The molecule has 2 N–H and O–H groups in total. The van der Waals surface area contributed by atoms with Crippen LogP contribution in [0.5, 0.6) is 0 Å². The van der Waals surface area contributed by atoms with Crippen molar-refractivity contribution in [2.24, 2.45) is 0 Å². The van der Waals surface area contributed by atoms with E-state index in [-0.39, 0.29) is 11.5 Å². The van der Waals surface area contributed by atoms with Crippen LogP contribution in [0.3, 0.4) is 0 Å². The Balaban J connectivity index is 1.70. The molecule has 4 heterocycles. The maximum atomic E-state index is 13.2. The summed E-state index contributed by atoms with van der Waals surface area (Å²) in [7, 11) is 0.